The number of aromatic nitrogens is 3. The van der Waals surface area contributed by atoms with Gasteiger partial charge in [-0.05, 0) is 23.4 Å². The van der Waals surface area contributed by atoms with Crippen molar-refractivity contribution in [2.75, 3.05) is 24.7 Å². The maximum absolute atomic E-state index is 4.38. The zero-order chi connectivity index (χ0) is 14.4. The van der Waals surface area contributed by atoms with Crippen LogP contribution >= 0.6 is 11.8 Å². The molecule has 1 heterocycles. The molecule has 0 amide bonds. The molecule has 0 aliphatic rings. The van der Waals surface area contributed by atoms with Gasteiger partial charge >= 0.3 is 0 Å². The summed E-state index contributed by atoms with van der Waals surface area (Å²) < 4.78 is 0. The molecular formula is C14H21N5S. The highest BCUT2D eigenvalue weighted by atomic mass is 32.2. The van der Waals surface area contributed by atoms with Crippen molar-refractivity contribution < 1.29 is 0 Å². The van der Waals surface area contributed by atoms with Crippen LogP contribution in [0, 0.1) is 0 Å². The molecule has 2 rings (SSSR count). The lowest BCUT2D eigenvalue weighted by Gasteiger charge is -2.05. The van der Waals surface area contributed by atoms with E-state index in [0.29, 0.717) is 12.5 Å². The van der Waals surface area contributed by atoms with E-state index in [2.05, 4.69) is 51.7 Å². The zero-order valence-corrected chi connectivity index (χ0v) is 13.0. The van der Waals surface area contributed by atoms with Gasteiger partial charge in [0.25, 0.3) is 0 Å². The van der Waals surface area contributed by atoms with Crippen molar-refractivity contribution in [3.05, 3.63) is 35.7 Å². The molecule has 1 aromatic heterocycles. The second-order valence-electron chi connectivity index (χ2n) is 4.66. The largest absolute Gasteiger partial charge is 0.346 e. The van der Waals surface area contributed by atoms with E-state index < -0.39 is 0 Å². The molecule has 2 N–H and O–H groups in total. The fourth-order valence-electron chi connectivity index (χ4n) is 1.80. The van der Waals surface area contributed by atoms with Gasteiger partial charge in [0.15, 0.2) is 0 Å². The molecule has 0 spiro atoms. The normalized spacial score (nSPS) is 10.8. The van der Waals surface area contributed by atoms with Crippen LogP contribution in [-0.4, -0.2) is 35.0 Å². The standard InChI is InChI=1S/C14H21N5S/c1-4-20-12-7-5-6-11(8-12)9-15-10-13-16-14(18-17-13)19(2)3/h5-8,15H,4,9-10H2,1-3H3,(H,16,17,18). The Morgan fingerprint density at radius 2 is 2.15 bits per heavy atom. The fraction of sp³-hybridized carbons (Fsp3) is 0.429. The highest BCUT2D eigenvalue weighted by Crippen LogP contribution is 2.18. The summed E-state index contributed by atoms with van der Waals surface area (Å²) in [5.74, 6) is 2.67. The summed E-state index contributed by atoms with van der Waals surface area (Å²) in [5, 5.41) is 10.4. The van der Waals surface area contributed by atoms with Gasteiger partial charge in [-0.2, -0.15) is 4.98 Å². The number of nitrogens with zero attached hydrogens (tertiary/aromatic N) is 3. The number of hydrogen-bond acceptors (Lipinski definition) is 5. The molecule has 2 aromatic rings. The first-order chi connectivity index (χ1) is 9.69. The average molecular weight is 291 g/mol. The zero-order valence-electron chi connectivity index (χ0n) is 12.2. The van der Waals surface area contributed by atoms with Gasteiger partial charge in [0.2, 0.25) is 5.95 Å². The van der Waals surface area contributed by atoms with Crippen molar-refractivity contribution in [2.24, 2.45) is 0 Å². The van der Waals surface area contributed by atoms with Crippen LogP contribution in [0.4, 0.5) is 5.95 Å². The molecule has 0 aliphatic heterocycles. The topological polar surface area (TPSA) is 56.8 Å². The Balaban J connectivity index is 1.84. The molecule has 0 atom stereocenters. The van der Waals surface area contributed by atoms with E-state index in [-0.39, 0.29) is 0 Å². The number of H-pyrrole nitrogens is 1. The minimum atomic E-state index is 0.686. The average Bonchev–Trinajstić information content (AvgIpc) is 2.89. The maximum atomic E-state index is 4.38. The fourth-order valence-corrected chi connectivity index (χ4v) is 2.54. The minimum Gasteiger partial charge on any atom is -0.346 e. The molecule has 6 heteroatoms. The monoisotopic (exact) mass is 291 g/mol. The van der Waals surface area contributed by atoms with Gasteiger partial charge < -0.3 is 10.2 Å². The second kappa shape index (κ2) is 7.31. The first-order valence-corrected chi connectivity index (χ1v) is 7.68. The molecule has 5 nitrogen and oxygen atoms in total. The molecule has 0 fully saturated rings. The summed E-state index contributed by atoms with van der Waals surface area (Å²) in [6, 6.07) is 8.62. The Morgan fingerprint density at radius 1 is 1.30 bits per heavy atom. The highest BCUT2D eigenvalue weighted by molar-refractivity contribution is 7.99. The molecule has 108 valence electrons. The van der Waals surface area contributed by atoms with Crippen LogP contribution in [-0.2, 0) is 13.1 Å². The van der Waals surface area contributed by atoms with E-state index in [4.69, 9.17) is 0 Å². The maximum Gasteiger partial charge on any atom is 0.244 e. The third-order valence-corrected chi connectivity index (χ3v) is 3.63. The van der Waals surface area contributed by atoms with E-state index in [9.17, 15) is 0 Å². The van der Waals surface area contributed by atoms with Crippen LogP contribution in [0.3, 0.4) is 0 Å². The summed E-state index contributed by atoms with van der Waals surface area (Å²) in [5.41, 5.74) is 1.29. The summed E-state index contributed by atoms with van der Waals surface area (Å²) in [6.07, 6.45) is 0. The smallest absolute Gasteiger partial charge is 0.244 e. The van der Waals surface area contributed by atoms with Gasteiger partial charge in [-0.15, -0.1) is 16.9 Å². The van der Waals surface area contributed by atoms with E-state index in [1.54, 1.807) is 0 Å². The number of anilines is 1. The molecule has 0 radical (unpaired) electrons. The van der Waals surface area contributed by atoms with Gasteiger partial charge in [-0.1, -0.05) is 19.1 Å². The second-order valence-corrected chi connectivity index (χ2v) is 6.00. The first kappa shape index (κ1) is 14.9. The number of aromatic amines is 1. The number of thioether (sulfide) groups is 1. The first-order valence-electron chi connectivity index (χ1n) is 6.70. The number of nitrogens with one attached hydrogen (secondary N) is 2. The number of rotatable bonds is 7. The van der Waals surface area contributed by atoms with Gasteiger partial charge in [0.05, 0.1) is 6.54 Å². The van der Waals surface area contributed by atoms with Gasteiger partial charge in [-0.25, -0.2) is 0 Å². The Bertz CT molecular complexity index is 538. The molecule has 20 heavy (non-hydrogen) atoms. The quantitative estimate of drug-likeness (QED) is 0.766. The van der Waals surface area contributed by atoms with Crippen molar-refractivity contribution in [3.63, 3.8) is 0 Å². The molecule has 0 aliphatic carbocycles. The SMILES string of the molecule is CCSc1cccc(CNCc2nc(N(C)C)n[nH]2)c1. The molecule has 0 saturated heterocycles. The summed E-state index contributed by atoms with van der Waals surface area (Å²) >= 11 is 1.86. The van der Waals surface area contributed by atoms with Crippen molar-refractivity contribution in [1.82, 2.24) is 20.5 Å². The predicted molar refractivity (Wildman–Crippen MR) is 84.1 cm³/mol. The van der Waals surface area contributed by atoms with Crippen LogP contribution in [0.25, 0.3) is 0 Å². The lowest BCUT2D eigenvalue weighted by molar-refractivity contribution is 0.664. The summed E-state index contributed by atoms with van der Waals surface area (Å²) in [6.45, 7) is 3.68. The number of benzene rings is 1. The van der Waals surface area contributed by atoms with E-state index in [1.165, 1.54) is 10.5 Å². The third-order valence-electron chi connectivity index (χ3n) is 2.75. The van der Waals surface area contributed by atoms with Crippen LogP contribution < -0.4 is 10.2 Å². The van der Waals surface area contributed by atoms with Crippen LogP contribution in [0.1, 0.15) is 18.3 Å². The molecule has 1 aromatic carbocycles. The van der Waals surface area contributed by atoms with Crippen molar-refractivity contribution in [3.8, 4) is 0 Å². The van der Waals surface area contributed by atoms with E-state index in [1.807, 2.05) is 30.8 Å². The third kappa shape index (κ3) is 4.25. The predicted octanol–water partition coefficient (Wildman–Crippen LogP) is 2.27. The Hall–Kier alpha value is -1.53. The summed E-state index contributed by atoms with van der Waals surface area (Å²) in [4.78, 5) is 7.58. The van der Waals surface area contributed by atoms with Crippen LogP contribution in [0.5, 0.6) is 0 Å². The Kier molecular flexibility index (Phi) is 5.43. The Labute approximate surface area is 124 Å². The van der Waals surface area contributed by atoms with E-state index in [0.717, 1.165) is 18.1 Å². The Morgan fingerprint density at radius 3 is 2.85 bits per heavy atom. The summed E-state index contributed by atoms with van der Waals surface area (Å²) in [7, 11) is 3.86. The van der Waals surface area contributed by atoms with Gasteiger partial charge in [0.1, 0.15) is 5.82 Å². The molecule has 0 bridgehead atoms. The van der Waals surface area contributed by atoms with Crippen LogP contribution in [0.15, 0.2) is 29.2 Å². The minimum absolute atomic E-state index is 0.686. The van der Waals surface area contributed by atoms with Crippen molar-refractivity contribution >= 4 is 17.7 Å². The van der Waals surface area contributed by atoms with Crippen LogP contribution in [0.2, 0.25) is 0 Å². The van der Waals surface area contributed by atoms with Gasteiger partial charge in [-0.3, -0.25) is 5.10 Å². The van der Waals surface area contributed by atoms with Crippen molar-refractivity contribution in [1.29, 1.82) is 0 Å². The lowest BCUT2D eigenvalue weighted by atomic mass is 10.2. The van der Waals surface area contributed by atoms with Gasteiger partial charge in [0, 0.05) is 25.5 Å². The highest BCUT2D eigenvalue weighted by Gasteiger charge is 2.04. The lowest BCUT2D eigenvalue weighted by Crippen LogP contribution is -2.14. The van der Waals surface area contributed by atoms with E-state index >= 15 is 0 Å². The molecule has 0 saturated carbocycles. The molecular weight excluding hydrogens is 270 g/mol. The molecule has 0 unspecified atom stereocenters. The van der Waals surface area contributed by atoms with Crippen molar-refractivity contribution in [2.45, 2.75) is 24.9 Å². The number of hydrogen-bond donors (Lipinski definition) is 2.